The van der Waals surface area contributed by atoms with Crippen LogP contribution in [-0.4, -0.2) is 60.9 Å². The Morgan fingerprint density at radius 1 is 1.44 bits per heavy atom. The lowest BCUT2D eigenvalue weighted by Crippen LogP contribution is -2.40. The molecule has 0 radical (unpaired) electrons. The summed E-state index contributed by atoms with van der Waals surface area (Å²) in [6.07, 6.45) is 1.82. The normalized spacial score (nSPS) is 18.7. The summed E-state index contributed by atoms with van der Waals surface area (Å²) < 4.78 is 16.0. The number of hydrogen-bond donors (Lipinski definition) is 0. The van der Waals surface area contributed by atoms with Crippen LogP contribution >= 0.6 is 31.9 Å². The van der Waals surface area contributed by atoms with E-state index in [1.54, 1.807) is 0 Å². The Bertz CT molecular complexity index is 656. The Kier molecular flexibility index (Phi) is 8.51. The van der Waals surface area contributed by atoms with Crippen molar-refractivity contribution in [2.24, 2.45) is 5.28 Å². The smallest absolute Gasteiger partial charge is 0.347 e. The Balaban J connectivity index is 1.90. The second-order valence-corrected chi connectivity index (χ2v) is 8.21. The number of halogens is 2. The zero-order valence-electron chi connectivity index (χ0n) is 14.6. The minimum Gasteiger partial charge on any atom is -0.569 e. The van der Waals surface area contributed by atoms with E-state index in [2.05, 4.69) is 37.1 Å². The molecule has 12 heteroatoms. The maximum absolute atomic E-state index is 12.0. The second kappa shape index (κ2) is 10.6. The predicted molar refractivity (Wildman–Crippen MR) is 98.2 cm³/mol. The van der Waals surface area contributed by atoms with Gasteiger partial charge in [-0.25, -0.2) is 9.59 Å². The number of nitrogens with zero attached hydrogens (tertiary/aromatic N) is 3. The van der Waals surface area contributed by atoms with Crippen molar-refractivity contribution in [2.75, 3.05) is 32.9 Å². The zero-order chi connectivity index (χ0) is 19.8. The average molecular weight is 513 g/mol. The first-order valence-corrected chi connectivity index (χ1v) is 9.82. The second-order valence-electron chi connectivity index (χ2n) is 5.55. The highest BCUT2D eigenvalue weighted by Crippen LogP contribution is 2.30. The van der Waals surface area contributed by atoms with Gasteiger partial charge in [-0.05, 0) is 44.4 Å². The molecule has 2 heterocycles. The van der Waals surface area contributed by atoms with Gasteiger partial charge in [-0.2, -0.15) is 0 Å². The first-order chi connectivity index (χ1) is 12.9. The van der Waals surface area contributed by atoms with E-state index in [4.69, 9.17) is 19.0 Å². The van der Waals surface area contributed by atoms with E-state index in [1.165, 1.54) is 11.1 Å². The van der Waals surface area contributed by atoms with Crippen molar-refractivity contribution in [1.29, 1.82) is 0 Å². The van der Waals surface area contributed by atoms with Gasteiger partial charge < -0.3 is 24.3 Å². The minimum atomic E-state index is -0.780. The van der Waals surface area contributed by atoms with E-state index in [1.807, 2.05) is 6.92 Å². The van der Waals surface area contributed by atoms with Gasteiger partial charge in [-0.3, -0.25) is 0 Å². The van der Waals surface area contributed by atoms with Crippen LogP contribution < -0.4 is 0 Å². The average Bonchev–Trinajstić information content (AvgIpc) is 3.04. The number of ether oxygens (including phenoxy) is 3. The zero-order valence-corrected chi connectivity index (χ0v) is 17.7. The molecule has 10 nitrogen and oxygen atoms in total. The summed E-state index contributed by atoms with van der Waals surface area (Å²) in [6, 6.07) is 0. The summed E-state index contributed by atoms with van der Waals surface area (Å²) in [5.74, 6) is -1.04. The van der Waals surface area contributed by atoms with E-state index in [0.29, 0.717) is 48.3 Å². The third kappa shape index (κ3) is 6.47. The number of carbonyl (C=O) groups is 2. The van der Waals surface area contributed by atoms with Crippen molar-refractivity contribution < 1.29 is 33.6 Å². The number of hydrazine groups is 1. The van der Waals surface area contributed by atoms with Crippen LogP contribution in [0, 0.1) is 5.21 Å². The van der Waals surface area contributed by atoms with Crippen LogP contribution in [-0.2, 0) is 28.6 Å². The summed E-state index contributed by atoms with van der Waals surface area (Å²) in [6.45, 7) is 2.93. The van der Waals surface area contributed by atoms with Crippen molar-refractivity contribution in [2.45, 2.75) is 25.9 Å². The molecule has 0 aromatic rings. The van der Waals surface area contributed by atoms with Gasteiger partial charge in [0.1, 0.15) is 22.6 Å². The van der Waals surface area contributed by atoms with Crippen molar-refractivity contribution in [1.82, 2.24) is 5.01 Å². The molecule has 0 saturated carbocycles. The van der Waals surface area contributed by atoms with Gasteiger partial charge in [0.05, 0.1) is 23.8 Å². The molecule has 1 atom stereocenters. The number of esters is 2. The molecule has 2 aliphatic heterocycles. The molecule has 150 valence electrons. The van der Waals surface area contributed by atoms with E-state index in [9.17, 15) is 14.8 Å². The quantitative estimate of drug-likeness (QED) is 0.211. The molecule has 0 aromatic carbocycles. The van der Waals surface area contributed by atoms with Crippen LogP contribution in [0.3, 0.4) is 0 Å². The Morgan fingerprint density at radius 3 is 2.74 bits per heavy atom. The number of cyclic esters (lactones) is 1. The minimum absolute atomic E-state index is 0.229. The molecule has 1 fully saturated rings. The topological polar surface area (TPSA) is 113 Å². The highest BCUT2D eigenvalue weighted by atomic mass is 79.9. The third-order valence-corrected chi connectivity index (χ3v) is 4.40. The lowest BCUT2D eigenvalue weighted by molar-refractivity contribution is -0.714. The Hall–Kier alpha value is -1.66. The molecule has 27 heavy (non-hydrogen) atoms. The van der Waals surface area contributed by atoms with E-state index in [0.717, 1.165) is 0 Å². The highest BCUT2D eigenvalue weighted by molar-refractivity contribution is 9.28. The fourth-order valence-electron chi connectivity index (χ4n) is 2.35. The molecule has 2 aliphatic rings. The molecule has 0 aliphatic carbocycles. The van der Waals surface area contributed by atoms with E-state index >= 15 is 0 Å². The summed E-state index contributed by atoms with van der Waals surface area (Å²) in [4.78, 5) is 29.0. The van der Waals surface area contributed by atoms with E-state index < -0.39 is 24.6 Å². The molecule has 1 unspecified atom stereocenters. The number of morpholine rings is 1. The number of hydrogen-bond acceptors (Lipinski definition) is 8. The van der Waals surface area contributed by atoms with Crippen molar-refractivity contribution in [3.8, 4) is 0 Å². The van der Waals surface area contributed by atoms with Crippen LogP contribution in [0.2, 0.25) is 0 Å². The molecular formula is C15H19Br2N3O7. The fourth-order valence-corrected chi connectivity index (χ4v) is 2.74. The van der Waals surface area contributed by atoms with Gasteiger partial charge in [0.25, 0.3) is 0 Å². The molecule has 0 N–H and O–H groups in total. The SMILES string of the molecule is CCCC(OC(=O)CO/N=[N+](\[O-])N1CCOCC1)C1=CC(=C(Br)Br)OC1=O. The van der Waals surface area contributed by atoms with Crippen LogP contribution in [0.25, 0.3) is 0 Å². The van der Waals surface area contributed by atoms with Gasteiger partial charge in [0.2, 0.25) is 11.9 Å². The maximum Gasteiger partial charge on any atom is 0.347 e. The van der Waals surface area contributed by atoms with Crippen molar-refractivity contribution >= 4 is 43.8 Å². The Morgan fingerprint density at radius 2 is 2.15 bits per heavy atom. The molecule has 0 bridgehead atoms. The summed E-state index contributed by atoms with van der Waals surface area (Å²) in [5.41, 5.74) is 0.229. The monoisotopic (exact) mass is 511 g/mol. The van der Waals surface area contributed by atoms with Crippen LogP contribution in [0.4, 0.5) is 0 Å². The molecule has 1 saturated heterocycles. The number of carbonyl (C=O) groups excluding carboxylic acids is 2. The van der Waals surface area contributed by atoms with Crippen LogP contribution in [0.1, 0.15) is 19.8 Å². The summed E-state index contributed by atoms with van der Waals surface area (Å²) in [7, 11) is 0. The van der Waals surface area contributed by atoms with Gasteiger partial charge in [0.15, 0.2) is 5.76 Å². The van der Waals surface area contributed by atoms with Gasteiger partial charge in [0, 0.05) is 0 Å². The highest BCUT2D eigenvalue weighted by Gasteiger charge is 2.32. The largest absolute Gasteiger partial charge is 0.569 e. The first-order valence-electron chi connectivity index (χ1n) is 8.23. The van der Waals surface area contributed by atoms with Crippen molar-refractivity contribution in [3.63, 3.8) is 0 Å². The van der Waals surface area contributed by atoms with Gasteiger partial charge in [-0.15, -0.1) is 5.01 Å². The molecule has 2 rings (SSSR count). The standard InChI is InChI=1S/C15H19Br2N3O7/c1-2-3-11(10-8-12(14(16)17)27-15(10)22)26-13(21)9-25-18-20(23)19-4-6-24-7-5-19/h8,11H,2-7,9H2,1H3/b20-18-. The maximum atomic E-state index is 12.0. The lowest BCUT2D eigenvalue weighted by Gasteiger charge is -2.22. The summed E-state index contributed by atoms with van der Waals surface area (Å²) >= 11 is 6.33. The predicted octanol–water partition coefficient (Wildman–Crippen LogP) is 2.28. The summed E-state index contributed by atoms with van der Waals surface area (Å²) in [5, 5.41) is 16.4. The first kappa shape index (κ1) is 21.6. The lowest BCUT2D eigenvalue weighted by atomic mass is 10.1. The number of rotatable bonds is 8. The molecule has 0 amide bonds. The fraction of sp³-hybridized carbons (Fsp3) is 0.600. The number of allylic oxidation sites excluding steroid dienone is 1. The van der Waals surface area contributed by atoms with Crippen LogP contribution in [0.5, 0.6) is 0 Å². The van der Waals surface area contributed by atoms with Crippen LogP contribution in [0.15, 0.2) is 26.1 Å². The molecule has 0 aromatic heterocycles. The van der Waals surface area contributed by atoms with Crippen molar-refractivity contribution in [3.05, 3.63) is 26.0 Å². The molecular weight excluding hydrogens is 494 g/mol. The molecule has 0 spiro atoms. The Labute approximate surface area is 172 Å². The van der Waals surface area contributed by atoms with Gasteiger partial charge in [-0.1, -0.05) is 13.3 Å². The third-order valence-electron chi connectivity index (χ3n) is 3.62. The van der Waals surface area contributed by atoms with Gasteiger partial charge >= 0.3 is 11.9 Å². The van der Waals surface area contributed by atoms with E-state index in [-0.39, 0.29) is 10.5 Å².